The first-order valence-electron chi connectivity index (χ1n) is 10.1. The topological polar surface area (TPSA) is 59.9 Å². The highest BCUT2D eigenvalue weighted by molar-refractivity contribution is 5.79. The van der Waals surface area contributed by atoms with Crippen molar-refractivity contribution >= 4 is 5.96 Å². The lowest BCUT2D eigenvalue weighted by atomic mass is 10.0. The van der Waals surface area contributed by atoms with Gasteiger partial charge in [0.15, 0.2) is 5.96 Å². The molecule has 3 N–H and O–H groups in total. The second kappa shape index (κ2) is 11.9. The van der Waals surface area contributed by atoms with Crippen LogP contribution < -0.4 is 10.6 Å². The summed E-state index contributed by atoms with van der Waals surface area (Å²) < 4.78 is 0. The van der Waals surface area contributed by atoms with Crippen LogP contribution in [0.1, 0.15) is 44.6 Å². The Labute approximate surface area is 158 Å². The third kappa shape index (κ3) is 7.34. The molecule has 1 heterocycles. The summed E-state index contributed by atoms with van der Waals surface area (Å²) in [5, 5.41) is 16.4. The molecule has 0 aromatic heterocycles. The molecule has 5 nitrogen and oxygen atoms in total. The van der Waals surface area contributed by atoms with E-state index in [0.29, 0.717) is 12.5 Å². The Balaban J connectivity index is 1.83. The zero-order chi connectivity index (χ0) is 18.6. The molecule has 0 bridgehead atoms. The first-order valence-corrected chi connectivity index (χ1v) is 10.1. The van der Waals surface area contributed by atoms with Crippen molar-refractivity contribution in [2.45, 2.75) is 39.0 Å². The van der Waals surface area contributed by atoms with Gasteiger partial charge in [0.2, 0.25) is 0 Å². The minimum absolute atomic E-state index is 0.0748. The Morgan fingerprint density at radius 2 is 1.88 bits per heavy atom. The summed E-state index contributed by atoms with van der Waals surface area (Å²) in [7, 11) is 0. The molecule has 26 heavy (non-hydrogen) atoms. The molecule has 0 spiro atoms. The quantitative estimate of drug-likeness (QED) is 0.468. The van der Waals surface area contributed by atoms with Gasteiger partial charge in [-0.2, -0.15) is 0 Å². The number of guanidine groups is 1. The number of nitrogens with zero attached hydrogens (tertiary/aromatic N) is 2. The fraction of sp³-hybridized carbons (Fsp3) is 0.667. The maximum absolute atomic E-state index is 9.72. The van der Waals surface area contributed by atoms with E-state index in [1.165, 1.54) is 32.4 Å². The van der Waals surface area contributed by atoms with E-state index in [4.69, 9.17) is 4.99 Å². The van der Waals surface area contributed by atoms with Crippen molar-refractivity contribution in [2.75, 3.05) is 45.9 Å². The lowest BCUT2D eigenvalue weighted by molar-refractivity contribution is 0.203. The summed E-state index contributed by atoms with van der Waals surface area (Å²) >= 11 is 0. The summed E-state index contributed by atoms with van der Waals surface area (Å²) in [6, 6.07) is 10.2. The van der Waals surface area contributed by atoms with Gasteiger partial charge in [0, 0.05) is 32.1 Å². The summed E-state index contributed by atoms with van der Waals surface area (Å²) in [5.74, 6) is 1.46. The largest absolute Gasteiger partial charge is 0.396 e. The minimum Gasteiger partial charge on any atom is -0.396 e. The van der Waals surface area contributed by atoms with Crippen molar-refractivity contribution in [3.8, 4) is 0 Å². The third-order valence-corrected chi connectivity index (χ3v) is 4.93. The lowest BCUT2D eigenvalue weighted by Gasteiger charge is -2.28. The van der Waals surface area contributed by atoms with Gasteiger partial charge in [0.25, 0.3) is 0 Å². The predicted molar refractivity (Wildman–Crippen MR) is 110 cm³/mol. The highest BCUT2D eigenvalue weighted by Crippen LogP contribution is 2.14. The van der Waals surface area contributed by atoms with Crippen LogP contribution in [0.25, 0.3) is 0 Å². The second-order valence-electron chi connectivity index (χ2n) is 7.36. The summed E-state index contributed by atoms with van der Waals surface area (Å²) in [4.78, 5) is 7.34. The van der Waals surface area contributed by atoms with E-state index in [0.717, 1.165) is 31.2 Å². The normalized spacial score (nSPS) is 18.3. The van der Waals surface area contributed by atoms with Crippen LogP contribution in [0.2, 0.25) is 0 Å². The number of aliphatic imine (C=N–C) groups is 1. The van der Waals surface area contributed by atoms with Gasteiger partial charge in [0.05, 0.1) is 6.61 Å². The van der Waals surface area contributed by atoms with Crippen LogP contribution in [0.5, 0.6) is 0 Å². The van der Waals surface area contributed by atoms with Crippen LogP contribution >= 0.6 is 0 Å². The molecule has 1 saturated heterocycles. The maximum Gasteiger partial charge on any atom is 0.191 e. The fourth-order valence-corrected chi connectivity index (χ4v) is 3.46. The maximum atomic E-state index is 9.72. The summed E-state index contributed by atoms with van der Waals surface area (Å²) in [5.41, 5.74) is 1.15. The molecule has 0 amide bonds. The zero-order valence-corrected chi connectivity index (χ0v) is 16.5. The zero-order valence-electron chi connectivity index (χ0n) is 16.5. The molecule has 2 unspecified atom stereocenters. The van der Waals surface area contributed by atoms with Gasteiger partial charge in [-0.3, -0.25) is 4.99 Å². The number of piperidine rings is 1. The molecule has 2 rings (SSSR count). The standard InChI is InChI=1S/C21H36N4O/c1-3-22-21(23-14-18(2)16-25-12-8-5-9-13-25)24-15-20(17-26)19-10-6-4-7-11-19/h4,6-7,10-11,18,20,26H,3,5,8-9,12-17H2,1-2H3,(H2,22,23,24). The van der Waals surface area contributed by atoms with Gasteiger partial charge in [-0.15, -0.1) is 0 Å². The lowest BCUT2D eigenvalue weighted by Crippen LogP contribution is -2.40. The monoisotopic (exact) mass is 360 g/mol. The molecular formula is C21H36N4O. The molecule has 2 atom stereocenters. The average Bonchev–Trinajstić information content (AvgIpc) is 2.68. The van der Waals surface area contributed by atoms with Crippen LogP contribution in [0, 0.1) is 5.92 Å². The van der Waals surface area contributed by atoms with Gasteiger partial charge in [-0.1, -0.05) is 43.7 Å². The molecule has 5 heteroatoms. The Kier molecular flexibility index (Phi) is 9.50. The van der Waals surface area contributed by atoms with Crippen molar-refractivity contribution < 1.29 is 5.11 Å². The predicted octanol–water partition coefficient (Wildman–Crippen LogP) is 2.44. The number of rotatable bonds is 9. The van der Waals surface area contributed by atoms with Crippen LogP contribution in [-0.4, -0.2) is 61.8 Å². The Bertz CT molecular complexity index is 514. The average molecular weight is 361 g/mol. The first-order chi connectivity index (χ1) is 12.7. The number of likely N-dealkylation sites (tertiary alicyclic amines) is 1. The Morgan fingerprint density at radius 3 is 2.54 bits per heavy atom. The third-order valence-electron chi connectivity index (χ3n) is 4.93. The number of aliphatic hydroxyl groups is 1. The summed E-state index contributed by atoms with van der Waals surface area (Å²) in [6.45, 7) is 10.4. The van der Waals surface area contributed by atoms with E-state index in [2.05, 4.69) is 41.5 Å². The second-order valence-corrected chi connectivity index (χ2v) is 7.36. The van der Waals surface area contributed by atoms with Crippen molar-refractivity contribution in [3.63, 3.8) is 0 Å². The van der Waals surface area contributed by atoms with Crippen molar-refractivity contribution in [1.29, 1.82) is 0 Å². The van der Waals surface area contributed by atoms with Crippen LogP contribution in [0.3, 0.4) is 0 Å². The SMILES string of the molecule is CCNC(=NCC(C)CN1CCCCC1)NCC(CO)c1ccccc1. The Morgan fingerprint density at radius 1 is 1.15 bits per heavy atom. The molecule has 146 valence electrons. The number of hydrogen-bond donors (Lipinski definition) is 3. The van der Waals surface area contributed by atoms with E-state index >= 15 is 0 Å². The molecule has 1 fully saturated rings. The van der Waals surface area contributed by atoms with Crippen molar-refractivity contribution in [2.24, 2.45) is 10.9 Å². The van der Waals surface area contributed by atoms with E-state index in [9.17, 15) is 5.11 Å². The van der Waals surface area contributed by atoms with E-state index in [-0.39, 0.29) is 12.5 Å². The van der Waals surface area contributed by atoms with E-state index in [1.54, 1.807) is 0 Å². The smallest absolute Gasteiger partial charge is 0.191 e. The molecule has 1 aromatic carbocycles. The first kappa shape index (κ1) is 20.7. The molecule has 1 aromatic rings. The number of aliphatic hydroxyl groups excluding tert-OH is 1. The molecule has 1 aliphatic heterocycles. The number of nitrogens with one attached hydrogen (secondary N) is 2. The van der Waals surface area contributed by atoms with Gasteiger partial charge in [0.1, 0.15) is 0 Å². The highest BCUT2D eigenvalue weighted by atomic mass is 16.3. The van der Waals surface area contributed by atoms with Crippen molar-refractivity contribution in [1.82, 2.24) is 15.5 Å². The van der Waals surface area contributed by atoms with Gasteiger partial charge < -0.3 is 20.6 Å². The van der Waals surface area contributed by atoms with Crippen molar-refractivity contribution in [3.05, 3.63) is 35.9 Å². The minimum atomic E-state index is 0.0748. The van der Waals surface area contributed by atoms with Gasteiger partial charge in [-0.05, 0) is 44.3 Å². The fourth-order valence-electron chi connectivity index (χ4n) is 3.46. The molecule has 0 saturated carbocycles. The number of benzene rings is 1. The number of hydrogen-bond acceptors (Lipinski definition) is 3. The summed E-state index contributed by atoms with van der Waals surface area (Å²) in [6.07, 6.45) is 4.05. The van der Waals surface area contributed by atoms with E-state index < -0.39 is 0 Å². The van der Waals surface area contributed by atoms with Crippen LogP contribution in [0.15, 0.2) is 35.3 Å². The molecule has 0 aliphatic carbocycles. The van der Waals surface area contributed by atoms with Crippen LogP contribution in [-0.2, 0) is 0 Å². The highest BCUT2D eigenvalue weighted by Gasteiger charge is 2.14. The Hall–Kier alpha value is -1.59. The van der Waals surface area contributed by atoms with Gasteiger partial charge >= 0.3 is 0 Å². The van der Waals surface area contributed by atoms with Gasteiger partial charge in [-0.25, -0.2) is 0 Å². The van der Waals surface area contributed by atoms with Crippen LogP contribution in [0.4, 0.5) is 0 Å². The molecule has 1 aliphatic rings. The molecular weight excluding hydrogens is 324 g/mol. The van der Waals surface area contributed by atoms with E-state index in [1.807, 2.05) is 18.2 Å². The molecule has 0 radical (unpaired) electrons.